The van der Waals surface area contributed by atoms with E-state index in [4.69, 9.17) is 4.74 Å². The zero-order chi connectivity index (χ0) is 22.9. The van der Waals surface area contributed by atoms with Gasteiger partial charge in [-0.3, -0.25) is 14.3 Å². The molecule has 1 amide bonds. The molecule has 1 saturated heterocycles. The number of methoxy groups -OCH3 is 1. The lowest BCUT2D eigenvalue weighted by Gasteiger charge is -2.13. The molecule has 0 radical (unpaired) electrons. The lowest BCUT2D eigenvalue weighted by atomic mass is 10.1. The molecule has 9 heteroatoms. The Bertz CT molecular complexity index is 1280. The number of benzene rings is 2. The smallest absolute Gasteiger partial charge is 0.276 e. The first-order valence-electron chi connectivity index (χ1n) is 10.1. The van der Waals surface area contributed by atoms with Crippen LogP contribution in [-0.2, 0) is 9.84 Å². The van der Waals surface area contributed by atoms with E-state index in [9.17, 15) is 18.0 Å². The van der Waals surface area contributed by atoms with Gasteiger partial charge in [0.25, 0.3) is 5.91 Å². The first kappa shape index (κ1) is 21.8. The molecule has 2 aromatic carbocycles. The van der Waals surface area contributed by atoms with Crippen molar-refractivity contribution in [2.75, 3.05) is 23.9 Å². The van der Waals surface area contributed by atoms with Crippen molar-refractivity contribution in [3.05, 3.63) is 65.9 Å². The molecule has 0 spiro atoms. The van der Waals surface area contributed by atoms with Crippen LogP contribution in [0.5, 0.6) is 5.75 Å². The third kappa shape index (κ3) is 4.57. The highest BCUT2D eigenvalue weighted by Gasteiger charge is 2.32. The Hall–Kier alpha value is -3.46. The number of hydrogen-bond donors (Lipinski definition) is 1. The zero-order valence-corrected chi connectivity index (χ0v) is 18.6. The van der Waals surface area contributed by atoms with Crippen LogP contribution in [0.2, 0.25) is 0 Å². The maximum atomic E-state index is 12.9. The predicted octanol–water partition coefficient (Wildman–Crippen LogP) is 3.37. The lowest BCUT2D eigenvalue weighted by molar-refractivity contribution is 0.100. The summed E-state index contributed by atoms with van der Waals surface area (Å²) in [5.74, 6) is 0.222. The Morgan fingerprint density at radius 1 is 1.12 bits per heavy atom. The van der Waals surface area contributed by atoms with Gasteiger partial charge in [0.2, 0.25) is 0 Å². The summed E-state index contributed by atoms with van der Waals surface area (Å²) < 4.78 is 30.9. The van der Waals surface area contributed by atoms with Crippen LogP contribution >= 0.6 is 0 Å². The summed E-state index contributed by atoms with van der Waals surface area (Å²) in [6.07, 6.45) is 0.439. The minimum atomic E-state index is -3.14. The summed E-state index contributed by atoms with van der Waals surface area (Å²) in [6.45, 7) is 1.46. The number of rotatable bonds is 6. The van der Waals surface area contributed by atoms with Crippen LogP contribution in [0, 0.1) is 0 Å². The maximum Gasteiger partial charge on any atom is 0.276 e. The van der Waals surface area contributed by atoms with E-state index in [2.05, 4.69) is 10.4 Å². The van der Waals surface area contributed by atoms with Crippen molar-refractivity contribution >= 4 is 27.2 Å². The van der Waals surface area contributed by atoms with Crippen molar-refractivity contribution in [1.82, 2.24) is 9.78 Å². The number of hydrogen-bond acceptors (Lipinski definition) is 6. The van der Waals surface area contributed by atoms with Gasteiger partial charge in [-0.2, -0.15) is 5.10 Å². The molecule has 3 aromatic rings. The molecule has 166 valence electrons. The molecular weight excluding hydrogens is 430 g/mol. The number of amides is 1. The Balaban J connectivity index is 1.68. The van der Waals surface area contributed by atoms with E-state index in [0.29, 0.717) is 29.1 Å². The third-order valence-corrected chi connectivity index (χ3v) is 7.19. The Morgan fingerprint density at radius 3 is 2.50 bits per heavy atom. The number of ketones is 1. The molecule has 1 N–H and O–H groups in total. The van der Waals surface area contributed by atoms with E-state index in [-0.39, 0.29) is 29.0 Å². The number of anilines is 1. The molecule has 4 rings (SSSR count). The summed E-state index contributed by atoms with van der Waals surface area (Å²) in [4.78, 5) is 24.5. The minimum absolute atomic E-state index is 0.0143. The quantitative estimate of drug-likeness (QED) is 0.574. The summed E-state index contributed by atoms with van der Waals surface area (Å²) in [5.41, 5.74) is 2.57. The number of nitrogens with zero attached hydrogens (tertiary/aromatic N) is 2. The average Bonchev–Trinajstić information content (AvgIpc) is 3.37. The van der Waals surface area contributed by atoms with Gasteiger partial charge in [-0.25, -0.2) is 8.42 Å². The first-order chi connectivity index (χ1) is 15.3. The van der Waals surface area contributed by atoms with Crippen LogP contribution in [0.15, 0.2) is 54.6 Å². The second-order valence-corrected chi connectivity index (χ2v) is 9.96. The SMILES string of the molecule is COc1ccc(-c2cc(C(=O)Nc3cccc(C(C)=O)c3)nn2C2CCS(=O)(=O)C2)cc1. The molecule has 2 heterocycles. The molecule has 1 unspecified atom stereocenters. The summed E-state index contributed by atoms with van der Waals surface area (Å²) in [7, 11) is -1.56. The molecule has 8 nitrogen and oxygen atoms in total. The lowest BCUT2D eigenvalue weighted by Crippen LogP contribution is -2.16. The van der Waals surface area contributed by atoms with Gasteiger partial charge in [-0.05, 0) is 55.8 Å². The second-order valence-electron chi connectivity index (χ2n) is 7.74. The fourth-order valence-corrected chi connectivity index (χ4v) is 5.43. The Morgan fingerprint density at radius 2 is 1.88 bits per heavy atom. The van der Waals surface area contributed by atoms with Gasteiger partial charge in [0.1, 0.15) is 5.75 Å². The van der Waals surface area contributed by atoms with Gasteiger partial charge < -0.3 is 10.1 Å². The largest absolute Gasteiger partial charge is 0.497 e. The number of Topliss-reactive ketones (excluding diaryl/α,β-unsaturated/α-hetero) is 1. The van der Waals surface area contributed by atoms with Crippen molar-refractivity contribution in [3.8, 4) is 17.0 Å². The average molecular weight is 454 g/mol. The number of nitrogens with one attached hydrogen (secondary N) is 1. The van der Waals surface area contributed by atoms with E-state index < -0.39 is 15.7 Å². The highest BCUT2D eigenvalue weighted by Crippen LogP contribution is 2.31. The van der Waals surface area contributed by atoms with Crippen LogP contribution in [0.4, 0.5) is 5.69 Å². The third-order valence-electron chi connectivity index (χ3n) is 5.44. The van der Waals surface area contributed by atoms with Crippen LogP contribution in [0.1, 0.15) is 40.2 Å². The molecule has 1 atom stereocenters. The number of aromatic nitrogens is 2. The van der Waals surface area contributed by atoms with Gasteiger partial charge >= 0.3 is 0 Å². The predicted molar refractivity (Wildman–Crippen MR) is 121 cm³/mol. The molecule has 1 fully saturated rings. The highest BCUT2D eigenvalue weighted by atomic mass is 32.2. The summed E-state index contributed by atoms with van der Waals surface area (Å²) in [6, 6.07) is 15.2. The summed E-state index contributed by atoms with van der Waals surface area (Å²) >= 11 is 0. The zero-order valence-electron chi connectivity index (χ0n) is 17.7. The minimum Gasteiger partial charge on any atom is -0.497 e. The van der Waals surface area contributed by atoms with Crippen LogP contribution in [-0.4, -0.2) is 48.5 Å². The Kier molecular flexibility index (Phi) is 5.84. The molecule has 1 aromatic heterocycles. The van der Waals surface area contributed by atoms with E-state index in [1.165, 1.54) is 6.92 Å². The fraction of sp³-hybridized carbons (Fsp3) is 0.261. The maximum absolute atomic E-state index is 12.9. The van der Waals surface area contributed by atoms with E-state index in [1.54, 1.807) is 54.3 Å². The second kappa shape index (κ2) is 8.58. The van der Waals surface area contributed by atoms with E-state index in [1.807, 2.05) is 12.1 Å². The number of carbonyl (C=O) groups excluding carboxylic acids is 2. The van der Waals surface area contributed by atoms with Crippen molar-refractivity contribution in [1.29, 1.82) is 0 Å². The van der Waals surface area contributed by atoms with Crippen molar-refractivity contribution in [2.45, 2.75) is 19.4 Å². The van der Waals surface area contributed by atoms with Crippen LogP contribution < -0.4 is 10.1 Å². The van der Waals surface area contributed by atoms with Crippen molar-refractivity contribution in [2.24, 2.45) is 0 Å². The van der Waals surface area contributed by atoms with Gasteiger partial charge in [0.05, 0.1) is 30.4 Å². The molecule has 0 aliphatic carbocycles. The van der Waals surface area contributed by atoms with Crippen molar-refractivity contribution < 1.29 is 22.7 Å². The monoisotopic (exact) mass is 453 g/mol. The Labute approximate surface area is 186 Å². The molecule has 1 aliphatic rings. The number of sulfone groups is 1. The number of carbonyl (C=O) groups is 2. The topological polar surface area (TPSA) is 107 Å². The van der Waals surface area contributed by atoms with Gasteiger partial charge in [-0.1, -0.05) is 12.1 Å². The first-order valence-corrected chi connectivity index (χ1v) is 11.9. The van der Waals surface area contributed by atoms with Crippen LogP contribution in [0.25, 0.3) is 11.3 Å². The fourth-order valence-electron chi connectivity index (χ4n) is 3.74. The molecule has 0 saturated carbocycles. The standard InChI is InChI=1S/C23H23N3O5S/c1-15(27)17-4-3-5-18(12-17)24-23(28)21-13-22(16-6-8-20(31-2)9-7-16)26(25-21)19-10-11-32(29,30)14-19/h3-9,12-13,19H,10-11,14H2,1-2H3,(H,24,28). The molecular formula is C23H23N3O5S. The highest BCUT2D eigenvalue weighted by molar-refractivity contribution is 7.91. The number of ether oxygens (including phenoxy) is 1. The van der Waals surface area contributed by atoms with Gasteiger partial charge in [0.15, 0.2) is 21.3 Å². The van der Waals surface area contributed by atoms with Gasteiger partial charge in [-0.15, -0.1) is 0 Å². The van der Waals surface area contributed by atoms with Gasteiger partial charge in [0, 0.05) is 16.8 Å². The normalized spacial score (nSPS) is 17.1. The molecule has 1 aliphatic heterocycles. The summed E-state index contributed by atoms with van der Waals surface area (Å²) in [5, 5.41) is 7.24. The molecule has 0 bridgehead atoms. The van der Waals surface area contributed by atoms with E-state index >= 15 is 0 Å². The van der Waals surface area contributed by atoms with Crippen LogP contribution in [0.3, 0.4) is 0 Å². The van der Waals surface area contributed by atoms with E-state index in [0.717, 1.165) is 5.56 Å². The molecule has 32 heavy (non-hydrogen) atoms. The van der Waals surface area contributed by atoms with Crippen molar-refractivity contribution in [3.63, 3.8) is 0 Å².